The van der Waals surface area contributed by atoms with E-state index in [9.17, 15) is 0 Å². The molecule has 4 heteroatoms. The number of pyridine rings is 1. The molecular weight excluding hydrogens is 224 g/mol. The maximum absolute atomic E-state index is 4.57. The fraction of sp³-hybridized carbons (Fsp3) is 0.571. The quantitative estimate of drug-likeness (QED) is 0.629. The van der Waals surface area contributed by atoms with Crippen molar-refractivity contribution in [2.24, 2.45) is 10.9 Å². The third-order valence-electron chi connectivity index (χ3n) is 3.12. The Labute approximate surface area is 109 Å². The van der Waals surface area contributed by atoms with E-state index in [1.807, 2.05) is 25.1 Å². The molecule has 0 saturated heterocycles. The van der Waals surface area contributed by atoms with Crippen LogP contribution in [0.4, 0.5) is 0 Å². The van der Waals surface area contributed by atoms with Crippen LogP contribution in [0.15, 0.2) is 23.2 Å². The van der Waals surface area contributed by atoms with Gasteiger partial charge in [-0.25, -0.2) is 4.99 Å². The zero-order valence-corrected chi connectivity index (χ0v) is 11.4. The second-order valence-corrected chi connectivity index (χ2v) is 4.93. The molecule has 18 heavy (non-hydrogen) atoms. The molecule has 0 amide bonds. The molecule has 1 aliphatic rings. The van der Waals surface area contributed by atoms with E-state index in [0.717, 1.165) is 29.8 Å². The molecule has 2 N–H and O–H groups in total. The molecule has 0 bridgehead atoms. The van der Waals surface area contributed by atoms with E-state index >= 15 is 0 Å². The molecule has 1 aromatic rings. The van der Waals surface area contributed by atoms with Crippen molar-refractivity contribution in [3.63, 3.8) is 0 Å². The number of rotatable bonds is 4. The SMILES string of the molecule is CCNC(=NCc1cccc(C)n1)NC1CC1C. The Kier molecular flexibility index (Phi) is 4.18. The monoisotopic (exact) mass is 246 g/mol. The maximum Gasteiger partial charge on any atom is 0.191 e. The van der Waals surface area contributed by atoms with Crippen molar-refractivity contribution in [1.29, 1.82) is 0 Å². The number of aryl methyl sites for hydroxylation is 1. The van der Waals surface area contributed by atoms with Crippen LogP contribution in [0.1, 0.15) is 31.7 Å². The van der Waals surface area contributed by atoms with E-state index in [1.54, 1.807) is 0 Å². The van der Waals surface area contributed by atoms with Crippen molar-refractivity contribution in [3.05, 3.63) is 29.6 Å². The fourth-order valence-electron chi connectivity index (χ4n) is 1.87. The van der Waals surface area contributed by atoms with Gasteiger partial charge in [0, 0.05) is 18.3 Å². The molecule has 0 spiro atoms. The van der Waals surface area contributed by atoms with E-state index in [4.69, 9.17) is 0 Å². The zero-order valence-electron chi connectivity index (χ0n) is 11.4. The standard InChI is InChI=1S/C14H22N4/c1-4-15-14(18-13-8-10(13)2)16-9-12-7-5-6-11(3)17-12/h5-7,10,13H,4,8-9H2,1-3H3,(H2,15,16,18). The number of aliphatic imine (C=N–C) groups is 1. The maximum atomic E-state index is 4.57. The van der Waals surface area contributed by atoms with E-state index in [0.29, 0.717) is 12.6 Å². The smallest absolute Gasteiger partial charge is 0.191 e. The molecule has 0 aromatic carbocycles. The predicted octanol–water partition coefficient (Wildman–Crippen LogP) is 1.85. The van der Waals surface area contributed by atoms with Gasteiger partial charge in [-0.15, -0.1) is 0 Å². The van der Waals surface area contributed by atoms with Gasteiger partial charge < -0.3 is 10.6 Å². The van der Waals surface area contributed by atoms with Gasteiger partial charge in [0.05, 0.1) is 12.2 Å². The molecule has 2 rings (SSSR count). The third-order valence-corrected chi connectivity index (χ3v) is 3.12. The molecule has 1 aliphatic carbocycles. The third kappa shape index (κ3) is 3.72. The lowest BCUT2D eigenvalue weighted by Gasteiger charge is -2.10. The van der Waals surface area contributed by atoms with Gasteiger partial charge in [0.25, 0.3) is 0 Å². The van der Waals surface area contributed by atoms with E-state index in [2.05, 4.69) is 34.5 Å². The molecule has 1 fully saturated rings. The Bertz CT molecular complexity index is 428. The number of hydrogen-bond acceptors (Lipinski definition) is 2. The van der Waals surface area contributed by atoms with Crippen LogP contribution in [-0.4, -0.2) is 23.5 Å². The summed E-state index contributed by atoms with van der Waals surface area (Å²) in [5, 5.41) is 6.71. The molecule has 1 saturated carbocycles. The fourth-order valence-corrected chi connectivity index (χ4v) is 1.87. The highest BCUT2D eigenvalue weighted by atomic mass is 15.2. The van der Waals surface area contributed by atoms with Gasteiger partial charge in [-0.3, -0.25) is 4.98 Å². The molecule has 1 aromatic heterocycles. The lowest BCUT2D eigenvalue weighted by Crippen LogP contribution is -2.39. The lowest BCUT2D eigenvalue weighted by molar-refractivity contribution is 0.764. The topological polar surface area (TPSA) is 49.3 Å². The van der Waals surface area contributed by atoms with Crippen molar-refractivity contribution in [2.75, 3.05) is 6.54 Å². The van der Waals surface area contributed by atoms with Gasteiger partial charge in [0.15, 0.2) is 5.96 Å². The molecule has 4 nitrogen and oxygen atoms in total. The van der Waals surface area contributed by atoms with Crippen LogP contribution in [0.3, 0.4) is 0 Å². The average Bonchev–Trinajstić information content (AvgIpc) is 3.02. The Balaban J connectivity index is 1.94. The predicted molar refractivity (Wildman–Crippen MR) is 74.5 cm³/mol. The summed E-state index contributed by atoms with van der Waals surface area (Å²) in [4.78, 5) is 9.02. The molecule has 2 atom stereocenters. The van der Waals surface area contributed by atoms with Crippen LogP contribution in [0.2, 0.25) is 0 Å². The summed E-state index contributed by atoms with van der Waals surface area (Å²) in [6.07, 6.45) is 1.24. The molecule has 0 radical (unpaired) electrons. The number of guanidine groups is 1. The first-order chi connectivity index (χ1) is 8.69. The van der Waals surface area contributed by atoms with Gasteiger partial charge in [-0.05, 0) is 38.3 Å². The average molecular weight is 246 g/mol. The second kappa shape index (κ2) is 5.85. The Morgan fingerprint density at radius 3 is 2.89 bits per heavy atom. The Morgan fingerprint density at radius 1 is 1.50 bits per heavy atom. The molecule has 0 aliphatic heterocycles. The van der Waals surface area contributed by atoms with E-state index in [-0.39, 0.29) is 0 Å². The van der Waals surface area contributed by atoms with Crippen LogP contribution in [0.5, 0.6) is 0 Å². The molecule has 1 heterocycles. The van der Waals surface area contributed by atoms with Crippen molar-refractivity contribution >= 4 is 5.96 Å². The Hall–Kier alpha value is -1.58. The van der Waals surface area contributed by atoms with Crippen LogP contribution in [0, 0.1) is 12.8 Å². The molecular formula is C14H22N4. The summed E-state index contributed by atoms with van der Waals surface area (Å²) in [7, 11) is 0. The lowest BCUT2D eigenvalue weighted by atomic mass is 10.3. The number of nitrogens with zero attached hydrogens (tertiary/aromatic N) is 2. The van der Waals surface area contributed by atoms with Gasteiger partial charge in [0.2, 0.25) is 0 Å². The normalized spacial score (nSPS) is 22.7. The van der Waals surface area contributed by atoms with Crippen LogP contribution < -0.4 is 10.6 Å². The minimum absolute atomic E-state index is 0.591. The first-order valence-electron chi connectivity index (χ1n) is 6.66. The summed E-state index contributed by atoms with van der Waals surface area (Å²) in [6, 6.07) is 6.63. The van der Waals surface area contributed by atoms with Gasteiger partial charge in [0.1, 0.15) is 0 Å². The summed E-state index contributed by atoms with van der Waals surface area (Å²) in [6.45, 7) is 7.84. The minimum atomic E-state index is 0.591. The van der Waals surface area contributed by atoms with Crippen LogP contribution in [-0.2, 0) is 6.54 Å². The van der Waals surface area contributed by atoms with Crippen molar-refractivity contribution in [2.45, 2.75) is 39.8 Å². The van der Waals surface area contributed by atoms with Gasteiger partial charge in [-0.2, -0.15) is 0 Å². The summed E-state index contributed by atoms with van der Waals surface area (Å²) < 4.78 is 0. The van der Waals surface area contributed by atoms with Crippen LogP contribution in [0.25, 0.3) is 0 Å². The van der Waals surface area contributed by atoms with Gasteiger partial charge in [-0.1, -0.05) is 13.0 Å². The highest BCUT2D eigenvalue weighted by Crippen LogP contribution is 2.28. The van der Waals surface area contributed by atoms with Crippen molar-refractivity contribution in [3.8, 4) is 0 Å². The van der Waals surface area contributed by atoms with E-state index in [1.165, 1.54) is 6.42 Å². The second-order valence-electron chi connectivity index (χ2n) is 4.93. The highest BCUT2D eigenvalue weighted by Gasteiger charge is 2.33. The largest absolute Gasteiger partial charge is 0.357 e. The zero-order chi connectivity index (χ0) is 13.0. The van der Waals surface area contributed by atoms with E-state index < -0.39 is 0 Å². The first-order valence-corrected chi connectivity index (χ1v) is 6.66. The summed E-state index contributed by atoms with van der Waals surface area (Å²) >= 11 is 0. The summed E-state index contributed by atoms with van der Waals surface area (Å²) in [5.74, 6) is 1.67. The number of aromatic nitrogens is 1. The van der Waals surface area contributed by atoms with Gasteiger partial charge >= 0.3 is 0 Å². The van der Waals surface area contributed by atoms with Crippen molar-refractivity contribution in [1.82, 2.24) is 15.6 Å². The molecule has 98 valence electrons. The Morgan fingerprint density at radius 2 is 2.28 bits per heavy atom. The number of hydrogen-bond donors (Lipinski definition) is 2. The number of nitrogens with one attached hydrogen (secondary N) is 2. The highest BCUT2D eigenvalue weighted by molar-refractivity contribution is 5.80. The van der Waals surface area contributed by atoms with Crippen LogP contribution >= 0.6 is 0 Å². The molecule has 2 unspecified atom stereocenters. The van der Waals surface area contributed by atoms with Crippen molar-refractivity contribution < 1.29 is 0 Å². The summed E-state index contributed by atoms with van der Waals surface area (Å²) in [5.41, 5.74) is 2.05. The first kappa shape index (κ1) is 12.9. The minimum Gasteiger partial charge on any atom is -0.357 e.